The van der Waals surface area contributed by atoms with Crippen molar-refractivity contribution in [1.29, 1.82) is 0 Å². The molecule has 0 atom stereocenters. The van der Waals surface area contributed by atoms with E-state index >= 15 is 0 Å². The van der Waals surface area contributed by atoms with Crippen LogP contribution in [-0.2, 0) is 0 Å². The van der Waals surface area contributed by atoms with Gasteiger partial charge in [-0.05, 0) is 25.7 Å². The zero-order valence-corrected chi connectivity index (χ0v) is 14.8. The highest BCUT2D eigenvalue weighted by Crippen LogP contribution is 2.09. The molecule has 0 N–H and O–H groups in total. The van der Waals surface area contributed by atoms with Gasteiger partial charge in [-0.15, -0.1) is 0 Å². The Hall–Kier alpha value is -0.0800. The van der Waals surface area contributed by atoms with E-state index in [0.29, 0.717) is 0 Å². The third-order valence-electron chi connectivity index (χ3n) is 3.90. The van der Waals surface area contributed by atoms with Crippen LogP contribution in [0.25, 0.3) is 0 Å². The number of nitrogens with zero attached hydrogens (tertiary/aromatic N) is 2. The van der Waals surface area contributed by atoms with E-state index in [0.717, 1.165) is 0 Å². The lowest BCUT2D eigenvalue weighted by Crippen LogP contribution is -2.44. The SMILES string of the molecule is CCCCCCN(CCCCCC)N(CCC)CCC. The Morgan fingerprint density at radius 1 is 0.400 bits per heavy atom. The normalized spacial score (nSPS) is 11.7. The molecule has 0 aromatic heterocycles. The van der Waals surface area contributed by atoms with Gasteiger partial charge in [-0.2, -0.15) is 0 Å². The maximum Gasteiger partial charge on any atom is 0.0133 e. The van der Waals surface area contributed by atoms with Crippen molar-refractivity contribution in [2.24, 2.45) is 0 Å². The molecule has 0 spiro atoms. The number of rotatable bonds is 15. The molecule has 0 bridgehead atoms. The van der Waals surface area contributed by atoms with Gasteiger partial charge in [0.1, 0.15) is 0 Å². The van der Waals surface area contributed by atoms with Crippen LogP contribution in [0.4, 0.5) is 0 Å². The summed E-state index contributed by atoms with van der Waals surface area (Å²) < 4.78 is 0. The molecule has 2 nitrogen and oxygen atoms in total. The predicted molar refractivity (Wildman–Crippen MR) is 92.0 cm³/mol. The van der Waals surface area contributed by atoms with E-state index in [-0.39, 0.29) is 0 Å². The van der Waals surface area contributed by atoms with E-state index in [2.05, 4.69) is 37.7 Å². The van der Waals surface area contributed by atoms with Crippen LogP contribution in [0.15, 0.2) is 0 Å². The van der Waals surface area contributed by atoms with Crippen LogP contribution in [-0.4, -0.2) is 36.2 Å². The van der Waals surface area contributed by atoms with Crippen molar-refractivity contribution in [2.75, 3.05) is 26.2 Å². The Bertz CT molecular complexity index is 164. The standard InChI is InChI=1S/C18H40N2/c1-5-9-11-13-17-20(18-14-12-10-6-2)19(15-7-3)16-8-4/h5-18H2,1-4H3. The van der Waals surface area contributed by atoms with Crippen LogP contribution >= 0.6 is 0 Å². The van der Waals surface area contributed by atoms with Crippen LogP contribution in [0.2, 0.25) is 0 Å². The first-order chi connectivity index (χ1) is 9.79. The summed E-state index contributed by atoms with van der Waals surface area (Å²) in [6.45, 7) is 14.2. The van der Waals surface area contributed by atoms with Gasteiger partial charge < -0.3 is 0 Å². The van der Waals surface area contributed by atoms with Crippen molar-refractivity contribution in [2.45, 2.75) is 91.9 Å². The van der Waals surface area contributed by atoms with Gasteiger partial charge >= 0.3 is 0 Å². The van der Waals surface area contributed by atoms with E-state index in [9.17, 15) is 0 Å². The third kappa shape index (κ3) is 10.7. The smallest absolute Gasteiger partial charge is 0.0133 e. The fourth-order valence-corrected chi connectivity index (χ4v) is 2.75. The molecule has 0 rings (SSSR count). The highest BCUT2D eigenvalue weighted by molar-refractivity contribution is 4.60. The van der Waals surface area contributed by atoms with E-state index < -0.39 is 0 Å². The molecule has 0 heterocycles. The highest BCUT2D eigenvalue weighted by Gasteiger charge is 2.13. The lowest BCUT2D eigenvalue weighted by Gasteiger charge is -2.35. The average molecular weight is 285 g/mol. The minimum absolute atomic E-state index is 1.23. The molecule has 0 aromatic carbocycles. The second-order valence-electron chi connectivity index (χ2n) is 6.03. The van der Waals surface area contributed by atoms with E-state index in [1.807, 2.05) is 0 Å². The zero-order valence-electron chi connectivity index (χ0n) is 14.8. The van der Waals surface area contributed by atoms with Gasteiger partial charge in [0.25, 0.3) is 0 Å². The average Bonchev–Trinajstić information content (AvgIpc) is 2.45. The molecular weight excluding hydrogens is 244 g/mol. The lowest BCUT2D eigenvalue weighted by molar-refractivity contribution is -0.0281. The fourth-order valence-electron chi connectivity index (χ4n) is 2.75. The van der Waals surface area contributed by atoms with Crippen molar-refractivity contribution in [1.82, 2.24) is 10.0 Å². The Balaban J connectivity index is 4.17. The first kappa shape index (κ1) is 19.9. The quantitative estimate of drug-likeness (QED) is 0.290. The molecule has 0 saturated carbocycles. The highest BCUT2D eigenvalue weighted by atomic mass is 15.6. The van der Waals surface area contributed by atoms with Gasteiger partial charge in [0, 0.05) is 26.2 Å². The molecule has 0 amide bonds. The van der Waals surface area contributed by atoms with E-state index in [4.69, 9.17) is 0 Å². The van der Waals surface area contributed by atoms with Crippen LogP contribution < -0.4 is 0 Å². The Kier molecular flexibility index (Phi) is 15.3. The van der Waals surface area contributed by atoms with Gasteiger partial charge in [-0.25, -0.2) is 10.0 Å². The van der Waals surface area contributed by atoms with Crippen LogP contribution in [0.1, 0.15) is 91.9 Å². The fraction of sp³-hybridized carbons (Fsp3) is 1.00. The van der Waals surface area contributed by atoms with Crippen molar-refractivity contribution in [3.8, 4) is 0 Å². The second-order valence-corrected chi connectivity index (χ2v) is 6.03. The largest absolute Gasteiger partial charge is 0.242 e. The lowest BCUT2D eigenvalue weighted by atomic mass is 10.2. The van der Waals surface area contributed by atoms with Gasteiger partial charge in [0.15, 0.2) is 0 Å². The number of hydrogen-bond donors (Lipinski definition) is 0. The van der Waals surface area contributed by atoms with Gasteiger partial charge in [-0.3, -0.25) is 0 Å². The number of hydrazine groups is 1. The molecule has 0 unspecified atom stereocenters. The molecule has 0 aliphatic carbocycles. The molecule has 0 saturated heterocycles. The Morgan fingerprint density at radius 2 is 0.800 bits per heavy atom. The molecule has 0 aliphatic heterocycles. The molecule has 2 heteroatoms. The first-order valence-electron chi connectivity index (χ1n) is 9.29. The molecule has 0 fully saturated rings. The summed E-state index contributed by atoms with van der Waals surface area (Å²) in [7, 11) is 0. The molecule has 20 heavy (non-hydrogen) atoms. The Morgan fingerprint density at radius 3 is 1.15 bits per heavy atom. The first-order valence-corrected chi connectivity index (χ1v) is 9.29. The molecule has 0 aromatic rings. The summed E-state index contributed by atoms with van der Waals surface area (Å²) in [5.74, 6) is 0. The molecule has 0 radical (unpaired) electrons. The van der Waals surface area contributed by atoms with E-state index in [1.54, 1.807) is 0 Å². The van der Waals surface area contributed by atoms with Crippen molar-refractivity contribution >= 4 is 0 Å². The monoisotopic (exact) mass is 284 g/mol. The van der Waals surface area contributed by atoms with Crippen molar-refractivity contribution in [3.63, 3.8) is 0 Å². The summed E-state index contributed by atoms with van der Waals surface area (Å²) in [5.41, 5.74) is 0. The maximum absolute atomic E-state index is 2.66. The summed E-state index contributed by atoms with van der Waals surface area (Å²) >= 11 is 0. The third-order valence-corrected chi connectivity index (χ3v) is 3.90. The van der Waals surface area contributed by atoms with Crippen molar-refractivity contribution in [3.05, 3.63) is 0 Å². The number of hydrogen-bond acceptors (Lipinski definition) is 2. The van der Waals surface area contributed by atoms with Crippen LogP contribution in [0, 0.1) is 0 Å². The second kappa shape index (κ2) is 15.3. The number of unbranched alkanes of at least 4 members (excludes halogenated alkanes) is 6. The minimum atomic E-state index is 1.23. The van der Waals surface area contributed by atoms with Crippen molar-refractivity contribution < 1.29 is 0 Å². The topological polar surface area (TPSA) is 6.48 Å². The van der Waals surface area contributed by atoms with E-state index in [1.165, 1.54) is 90.4 Å². The summed E-state index contributed by atoms with van der Waals surface area (Å²) in [6.07, 6.45) is 13.5. The van der Waals surface area contributed by atoms with Crippen LogP contribution in [0.5, 0.6) is 0 Å². The maximum atomic E-state index is 2.66. The van der Waals surface area contributed by atoms with Gasteiger partial charge in [0.2, 0.25) is 0 Å². The Labute approximate surface area is 128 Å². The zero-order chi connectivity index (χ0) is 15.1. The molecular formula is C18H40N2. The minimum Gasteiger partial charge on any atom is -0.242 e. The van der Waals surface area contributed by atoms with Gasteiger partial charge in [-0.1, -0.05) is 66.2 Å². The van der Waals surface area contributed by atoms with Crippen LogP contribution in [0.3, 0.4) is 0 Å². The summed E-state index contributed by atoms with van der Waals surface area (Å²) in [5, 5.41) is 5.29. The molecule has 122 valence electrons. The molecule has 0 aliphatic rings. The summed E-state index contributed by atoms with van der Waals surface area (Å²) in [4.78, 5) is 0. The summed E-state index contributed by atoms with van der Waals surface area (Å²) in [6, 6.07) is 0. The predicted octanol–water partition coefficient (Wildman–Crippen LogP) is 5.49. The van der Waals surface area contributed by atoms with Gasteiger partial charge in [0.05, 0.1) is 0 Å².